The fraction of sp³-hybridized carbons (Fsp3) is 0.367. The highest BCUT2D eigenvalue weighted by Gasteiger charge is 2.36. The molecule has 2 heterocycles. The van der Waals surface area contributed by atoms with Gasteiger partial charge >= 0.3 is 6.09 Å². The van der Waals surface area contributed by atoms with Crippen LogP contribution in [0.15, 0.2) is 48.5 Å². The summed E-state index contributed by atoms with van der Waals surface area (Å²) in [5.74, 6) is 0.0429. The molecule has 1 saturated heterocycles. The van der Waals surface area contributed by atoms with Crippen molar-refractivity contribution in [1.29, 1.82) is 5.26 Å². The van der Waals surface area contributed by atoms with Gasteiger partial charge in [0.2, 0.25) is 5.91 Å². The van der Waals surface area contributed by atoms with E-state index < -0.39 is 29.4 Å². The first-order valence-corrected chi connectivity index (χ1v) is 14.2. The molecule has 0 aliphatic carbocycles. The Morgan fingerprint density at radius 1 is 1.14 bits per heavy atom. The molecule has 0 radical (unpaired) electrons. The van der Waals surface area contributed by atoms with Crippen molar-refractivity contribution in [3.63, 3.8) is 0 Å². The van der Waals surface area contributed by atoms with Crippen LogP contribution in [0.2, 0.25) is 0 Å². The lowest BCUT2D eigenvalue weighted by Crippen LogP contribution is -2.31. The van der Waals surface area contributed by atoms with Crippen LogP contribution in [0.3, 0.4) is 0 Å². The van der Waals surface area contributed by atoms with Gasteiger partial charge in [-0.1, -0.05) is 41.7 Å². The third-order valence-electron chi connectivity index (χ3n) is 6.84. The molecule has 3 amide bonds. The third-order valence-corrected chi connectivity index (χ3v) is 7.92. The summed E-state index contributed by atoms with van der Waals surface area (Å²) in [6.45, 7) is 3.70. The van der Waals surface area contributed by atoms with E-state index in [1.165, 1.54) is 21.0 Å². The molecular weight excluding hydrogens is 558 g/mol. The Hall–Kier alpha value is -4.63. The second-order valence-corrected chi connectivity index (χ2v) is 11.2. The number of hydrogen-bond donors (Lipinski definition) is 2. The Balaban J connectivity index is 1.56. The van der Waals surface area contributed by atoms with Crippen LogP contribution in [0.25, 0.3) is 0 Å². The molecule has 1 unspecified atom stereocenters. The van der Waals surface area contributed by atoms with Crippen molar-refractivity contribution in [3.05, 3.63) is 70.4 Å². The zero-order valence-corrected chi connectivity index (χ0v) is 24.7. The number of thiazole rings is 1. The van der Waals surface area contributed by atoms with E-state index in [2.05, 4.69) is 15.6 Å². The average molecular weight is 592 g/mol. The van der Waals surface area contributed by atoms with Crippen LogP contribution in [0, 0.1) is 16.7 Å². The fourth-order valence-electron chi connectivity index (χ4n) is 4.33. The number of carbonyl (C=O) groups excluding carboxylic acids is 3. The first-order valence-electron chi connectivity index (χ1n) is 13.4. The summed E-state index contributed by atoms with van der Waals surface area (Å²) < 4.78 is 16.2. The van der Waals surface area contributed by atoms with Crippen LogP contribution in [-0.2, 0) is 22.7 Å². The molecule has 220 valence electrons. The van der Waals surface area contributed by atoms with E-state index in [1.807, 2.05) is 36.4 Å². The van der Waals surface area contributed by atoms with Crippen molar-refractivity contribution in [2.75, 3.05) is 26.1 Å². The van der Waals surface area contributed by atoms with Gasteiger partial charge in [-0.05, 0) is 44.4 Å². The molecule has 2 aromatic carbocycles. The van der Waals surface area contributed by atoms with Gasteiger partial charge in [-0.2, -0.15) is 5.26 Å². The van der Waals surface area contributed by atoms with Gasteiger partial charge in [0.05, 0.1) is 26.3 Å². The van der Waals surface area contributed by atoms with Crippen LogP contribution in [-0.4, -0.2) is 48.6 Å². The molecule has 0 saturated carbocycles. The Labute approximate surface area is 248 Å². The molecule has 1 aromatic heterocycles. The highest BCUT2D eigenvalue weighted by atomic mass is 32.1. The number of benzene rings is 2. The summed E-state index contributed by atoms with van der Waals surface area (Å²) in [7, 11) is 3.07. The number of rotatable bonds is 10. The summed E-state index contributed by atoms with van der Waals surface area (Å²) in [4.78, 5) is 45.5. The van der Waals surface area contributed by atoms with Gasteiger partial charge in [0.15, 0.2) is 5.69 Å². The standard InChI is InChI=1S/C30H33N5O6S/c1-30(2,18-31)28(37)34-27-24(25(36)32-16-20-12-13-21(39-3)15-23(20)40-4)33-26(42-27)22-11-8-14-35(22)29(38)41-17-19-9-6-5-7-10-19/h5-7,9-10,12-13,15,22H,8,11,14,16-17H2,1-4H3,(H,32,36)(H,34,37). The number of likely N-dealkylation sites (tertiary alicyclic amines) is 1. The number of nitrogens with one attached hydrogen (secondary N) is 2. The minimum absolute atomic E-state index is 0.00549. The highest BCUT2D eigenvalue weighted by molar-refractivity contribution is 7.16. The number of aromatic nitrogens is 1. The lowest BCUT2D eigenvalue weighted by Gasteiger charge is -2.22. The smallest absolute Gasteiger partial charge is 0.410 e. The molecule has 4 rings (SSSR count). The summed E-state index contributed by atoms with van der Waals surface area (Å²) in [6, 6.07) is 16.2. The van der Waals surface area contributed by atoms with E-state index in [0.717, 1.165) is 23.3 Å². The number of amides is 3. The molecule has 2 N–H and O–H groups in total. The van der Waals surface area contributed by atoms with Gasteiger partial charge in [0.25, 0.3) is 5.91 Å². The minimum Gasteiger partial charge on any atom is -0.497 e. The maximum Gasteiger partial charge on any atom is 0.410 e. The van der Waals surface area contributed by atoms with Crippen LogP contribution >= 0.6 is 11.3 Å². The van der Waals surface area contributed by atoms with Gasteiger partial charge in [0.1, 0.15) is 33.5 Å². The summed E-state index contributed by atoms with van der Waals surface area (Å²) in [6.07, 6.45) is 0.868. The summed E-state index contributed by atoms with van der Waals surface area (Å²) >= 11 is 1.11. The molecule has 1 atom stereocenters. The summed E-state index contributed by atoms with van der Waals surface area (Å²) in [5.41, 5.74) is 0.235. The maximum absolute atomic E-state index is 13.4. The lowest BCUT2D eigenvalue weighted by atomic mass is 9.95. The number of methoxy groups -OCH3 is 2. The first-order chi connectivity index (χ1) is 20.2. The van der Waals surface area contributed by atoms with Crippen molar-refractivity contribution in [2.24, 2.45) is 5.41 Å². The third kappa shape index (κ3) is 6.98. The van der Waals surface area contributed by atoms with Gasteiger partial charge < -0.3 is 24.8 Å². The number of hydrogen-bond acceptors (Lipinski definition) is 9. The van der Waals surface area contributed by atoms with Crippen LogP contribution < -0.4 is 20.1 Å². The molecule has 3 aromatic rings. The Bertz CT molecular complexity index is 1480. The van der Waals surface area contributed by atoms with E-state index in [1.54, 1.807) is 30.2 Å². The van der Waals surface area contributed by atoms with E-state index in [9.17, 15) is 19.6 Å². The van der Waals surface area contributed by atoms with Crippen molar-refractivity contribution in [2.45, 2.75) is 45.9 Å². The zero-order chi connectivity index (χ0) is 30.3. The predicted octanol–water partition coefficient (Wildman–Crippen LogP) is 5.05. The number of carbonyl (C=O) groups is 3. The lowest BCUT2D eigenvalue weighted by molar-refractivity contribution is -0.121. The number of anilines is 1. The van der Waals surface area contributed by atoms with Crippen molar-refractivity contribution in [3.8, 4) is 17.6 Å². The molecule has 1 fully saturated rings. The molecule has 1 aliphatic heterocycles. The largest absolute Gasteiger partial charge is 0.497 e. The monoisotopic (exact) mass is 591 g/mol. The molecular formula is C30H33N5O6S. The van der Waals surface area contributed by atoms with Crippen molar-refractivity contribution in [1.82, 2.24) is 15.2 Å². The predicted molar refractivity (Wildman–Crippen MR) is 156 cm³/mol. The Kier molecular flexibility index (Phi) is 9.64. The van der Waals surface area contributed by atoms with Crippen molar-refractivity contribution >= 4 is 34.2 Å². The first kappa shape index (κ1) is 30.3. The highest BCUT2D eigenvalue weighted by Crippen LogP contribution is 2.38. The van der Waals surface area contributed by atoms with Crippen molar-refractivity contribution < 1.29 is 28.6 Å². The van der Waals surface area contributed by atoms with Crippen LogP contribution in [0.4, 0.5) is 9.80 Å². The van der Waals surface area contributed by atoms with E-state index >= 15 is 0 Å². The average Bonchev–Trinajstić information content (AvgIpc) is 3.66. The number of ether oxygens (including phenoxy) is 3. The Morgan fingerprint density at radius 3 is 2.60 bits per heavy atom. The molecule has 12 heteroatoms. The minimum atomic E-state index is -1.34. The normalized spacial score (nSPS) is 14.5. The van der Waals surface area contributed by atoms with E-state index in [4.69, 9.17) is 14.2 Å². The van der Waals surface area contributed by atoms with Gasteiger partial charge in [-0.25, -0.2) is 9.78 Å². The second-order valence-electron chi connectivity index (χ2n) is 10.2. The number of nitrogens with zero attached hydrogens (tertiary/aromatic N) is 3. The SMILES string of the molecule is COc1ccc(CNC(=O)c2nc(C3CCCN3C(=O)OCc3ccccc3)sc2NC(=O)C(C)(C)C#N)c(OC)c1. The quantitative estimate of drug-likeness (QED) is 0.333. The summed E-state index contributed by atoms with van der Waals surface area (Å²) in [5, 5.41) is 15.7. The number of nitriles is 1. The molecule has 0 spiro atoms. The van der Waals surface area contributed by atoms with E-state index in [0.29, 0.717) is 35.0 Å². The van der Waals surface area contributed by atoms with Gasteiger partial charge in [-0.15, -0.1) is 0 Å². The van der Waals surface area contributed by atoms with Crippen LogP contribution in [0.5, 0.6) is 11.5 Å². The zero-order valence-electron chi connectivity index (χ0n) is 23.9. The van der Waals surface area contributed by atoms with Gasteiger partial charge in [-0.3, -0.25) is 14.5 Å². The maximum atomic E-state index is 13.4. The molecule has 11 nitrogen and oxygen atoms in total. The van der Waals surface area contributed by atoms with E-state index in [-0.39, 0.29) is 23.8 Å². The van der Waals surface area contributed by atoms with Gasteiger partial charge in [0, 0.05) is 24.7 Å². The van der Waals surface area contributed by atoms with Crippen LogP contribution in [0.1, 0.15) is 59.4 Å². The second kappa shape index (κ2) is 13.4. The Morgan fingerprint density at radius 2 is 1.90 bits per heavy atom. The molecule has 0 bridgehead atoms. The fourth-order valence-corrected chi connectivity index (χ4v) is 5.44. The molecule has 42 heavy (non-hydrogen) atoms. The molecule has 1 aliphatic rings. The topological polar surface area (TPSA) is 143 Å².